The number of anilines is 2. The Morgan fingerprint density at radius 3 is 3.29 bits per heavy atom. The largest absolute Gasteiger partial charge is 0.382 e. The first-order valence-electron chi connectivity index (χ1n) is 4.95. The van der Waals surface area contributed by atoms with E-state index >= 15 is 0 Å². The summed E-state index contributed by atoms with van der Waals surface area (Å²) in [6.45, 7) is 5.19. The highest BCUT2D eigenvalue weighted by Gasteiger charge is 2.14. The number of halogens is 1. The third kappa shape index (κ3) is 1.77. The second kappa shape index (κ2) is 4.05. The summed E-state index contributed by atoms with van der Waals surface area (Å²) in [7, 11) is 0. The molecule has 2 heterocycles. The zero-order valence-corrected chi connectivity index (χ0v) is 9.01. The van der Waals surface area contributed by atoms with Crippen LogP contribution in [-0.2, 0) is 0 Å². The van der Waals surface area contributed by atoms with Crippen LogP contribution in [0.15, 0.2) is 12.3 Å². The van der Waals surface area contributed by atoms with Crippen LogP contribution < -0.4 is 10.2 Å². The summed E-state index contributed by atoms with van der Waals surface area (Å²) in [6.07, 6.45) is 2.85. The third-order valence-corrected chi connectivity index (χ3v) is 2.64. The van der Waals surface area contributed by atoms with Crippen molar-refractivity contribution >= 4 is 23.1 Å². The van der Waals surface area contributed by atoms with Crippen molar-refractivity contribution < 1.29 is 0 Å². The van der Waals surface area contributed by atoms with E-state index in [0.717, 1.165) is 37.6 Å². The van der Waals surface area contributed by atoms with Gasteiger partial charge in [-0.2, -0.15) is 0 Å². The van der Waals surface area contributed by atoms with Gasteiger partial charge < -0.3 is 10.2 Å². The van der Waals surface area contributed by atoms with Gasteiger partial charge in [0.25, 0.3) is 0 Å². The number of pyridine rings is 1. The van der Waals surface area contributed by atoms with E-state index in [9.17, 15) is 0 Å². The van der Waals surface area contributed by atoms with Crippen LogP contribution in [-0.4, -0.2) is 24.6 Å². The SMILES string of the molecule is CCN1CCCNc2cc(Cl)cnc21. The van der Waals surface area contributed by atoms with Gasteiger partial charge in [0.05, 0.1) is 10.7 Å². The van der Waals surface area contributed by atoms with Crippen LogP contribution in [0.2, 0.25) is 5.02 Å². The average Bonchev–Trinajstić information content (AvgIpc) is 2.38. The lowest BCUT2D eigenvalue weighted by Crippen LogP contribution is -2.24. The maximum atomic E-state index is 5.90. The minimum absolute atomic E-state index is 0.689. The zero-order valence-electron chi connectivity index (χ0n) is 8.26. The van der Waals surface area contributed by atoms with Crippen molar-refractivity contribution in [3.63, 3.8) is 0 Å². The molecule has 0 amide bonds. The van der Waals surface area contributed by atoms with Crippen molar-refractivity contribution in [3.05, 3.63) is 17.3 Å². The predicted octanol–water partition coefficient (Wildman–Crippen LogP) is 2.38. The van der Waals surface area contributed by atoms with Crippen LogP contribution in [0.5, 0.6) is 0 Å². The number of nitrogens with one attached hydrogen (secondary N) is 1. The fraction of sp³-hybridized carbons (Fsp3) is 0.500. The fourth-order valence-electron chi connectivity index (χ4n) is 1.72. The molecule has 0 atom stereocenters. The van der Waals surface area contributed by atoms with Gasteiger partial charge in [-0.3, -0.25) is 0 Å². The average molecular weight is 212 g/mol. The Morgan fingerprint density at radius 2 is 2.50 bits per heavy atom. The summed E-state index contributed by atoms with van der Waals surface area (Å²) in [6, 6.07) is 1.94. The van der Waals surface area contributed by atoms with E-state index in [1.54, 1.807) is 6.20 Å². The molecule has 0 aliphatic carbocycles. The molecule has 0 radical (unpaired) electrons. The maximum Gasteiger partial charge on any atom is 0.152 e. The highest BCUT2D eigenvalue weighted by Crippen LogP contribution is 2.27. The number of nitrogens with zero attached hydrogens (tertiary/aromatic N) is 2. The molecule has 1 aliphatic heterocycles. The molecule has 0 saturated carbocycles. The molecule has 1 aromatic rings. The second-order valence-electron chi connectivity index (χ2n) is 3.38. The van der Waals surface area contributed by atoms with Crippen LogP contribution in [0.4, 0.5) is 11.5 Å². The highest BCUT2D eigenvalue weighted by atomic mass is 35.5. The molecule has 1 N–H and O–H groups in total. The lowest BCUT2D eigenvalue weighted by Gasteiger charge is -2.20. The second-order valence-corrected chi connectivity index (χ2v) is 3.82. The monoisotopic (exact) mass is 211 g/mol. The van der Waals surface area contributed by atoms with Gasteiger partial charge in [-0.15, -0.1) is 0 Å². The number of rotatable bonds is 1. The zero-order chi connectivity index (χ0) is 9.97. The Labute approximate surface area is 89.1 Å². The number of hydrogen-bond donors (Lipinski definition) is 1. The van der Waals surface area contributed by atoms with Crippen LogP contribution in [0.25, 0.3) is 0 Å². The molecule has 3 nitrogen and oxygen atoms in total. The van der Waals surface area contributed by atoms with Crippen LogP contribution >= 0.6 is 11.6 Å². The Kier molecular flexibility index (Phi) is 2.77. The lowest BCUT2D eigenvalue weighted by atomic mass is 10.3. The van der Waals surface area contributed by atoms with Crippen LogP contribution in [0.1, 0.15) is 13.3 Å². The van der Waals surface area contributed by atoms with Gasteiger partial charge in [0.15, 0.2) is 5.82 Å². The Balaban J connectivity index is 2.39. The Bertz CT molecular complexity index is 327. The van der Waals surface area contributed by atoms with E-state index in [1.807, 2.05) is 6.07 Å². The minimum Gasteiger partial charge on any atom is -0.382 e. The molecule has 0 spiro atoms. The maximum absolute atomic E-state index is 5.90. The first kappa shape index (κ1) is 9.59. The first-order chi connectivity index (χ1) is 6.81. The summed E-state index contributed by atoms with van der Waals surface area (Å²) in [5.41, 5.74) is 1.05. The molecular formula is C10H14ClN3. The number of aromatic nitrogens is 1. The quantitative estimate of drug-likeness (QED) is 0.773. The van der Waals surface area contributed by atoms with E-state index in [1.165, 1.54) is 0 Å². The Morgan fingerprint density at radius 1 is 1.64 bits per heavy atom. The number of hydrogen-bond acceptors (Lipinski definition) is 3. The molecular weight excluding hydrogens is 198 g/mol. The highest BCUT2D eigenvalue weighted by molar-refractivity contribution is 6.30. The van der Waals surface area contributed by atoms with Gasteiger partial charge in [0.2, 0.25) is 0 Å². The molecule has 14 heavy (non-hydrogen) atoms. The van der Waals surface area contributed by atoms with Crippen molar-refractivity contribution in [1.29, 1.82) is 0 Å². The normalized spacial score (nSPS) is 15.7. The molecule has 76 valence electrons. The molecule has 0 unspecified atom stereocenters. The third-order valence-electron chi connectivity index (χ3n) is 2.43. The van der Waals surface area contributed by atoms with E-state index in [0.29, 0.717) is 5.02 Å². The summed E-state index contributed by atoms with van der Waals surface area (Å²) < 4.78 is 0. The molecule has 2 rings (SSSR count). The van der Waals surface area contributed by atoms with Gasteiger partial charge in [-0.05, 0) is 19.4 Å². The van der Waals surface area contributed by atoms with E-state index < -0.39 is 0 Å². The molecule has 0 bridgehead atoms. The van der Waals surface area contributed by atoms with Crippen molar-refractivity contribution in [2.45, 2.75) is 13.3 Å². The fourth-order valence-corrected chi connectivity index (χ4v) is 1.88. The summed E-state index contributed by atoms with van der Waals surface area (Å²) >= 11 is 5.90. The van der Waals surface area contributed by atoms with Gasteiger partial charge in [0, 0.05) is 25.8 Å². The standard InChI is InChI=1S/C10H14ClN3/c1-2-14-5-3-4-12-9-6-8(11)7-13-10(9)14/h6-7,12H,2-5H2,1H3. The van der Waals surface area contributed by atoms with E-state index in [4.69, 9.17) is 11.6 Å². The van der Waals surface area contributed by atoms with Crippen molar-refractivity contribution in [3.8, 4) is 0 Å². The summed E-state index contributed by atoms with van der Waals surface area (Å²) in [5.74, 6) is 1.02. The minimum atomic E-state index is 0.689. The molecule has 0 aromatic carbocycles. The number of fused-ring (bicyclic) bond motifs is 1. The van der Waals surface area contributed by atoms with Gasteiger partial charge in [0.1, 0.15) is 0 Å². The first-order valence-corrected chi connectivity index (χ1v) is 5.33. The van der Waals surface area contributed by atoms with Crippen LogP contribution in [0, 0.1) is 0 Å². The summed E-state index contributed by atoms with van der Waals surface area (Å²) in [5, 5.41) is 4.03. The van der Waals surface area contributed by atoms with E-state index in [-0.39, 0.29) is 0 Å². The van der Waals surface area contributed by atoms with Crippen molar-refractivity contribution in [2.75, 3.05) is 29.9 Å². The molecule has 4 heteroatoms. The predicted molar refractivity (Wildman–Crippen MR) is 60.2 cm³/mol. The van der Waals surface area contributed by atoms with E-state index in [2.05, 4.69) is 22.1 Å². The van der Waals surface area contributed by atoms with Crippen LogP contribution in [0.3, 0.4) is 0 Å². The smallest absolute Gasteiger partial charge is 0.152 e. The van der Waals surface area contributed by atoms with Gasteiger partial charge >= 0.3 is 0 Å². The van der Waals surface area contributed by atoms with Gasteiger partial charge in [-0.25, -0.2) is 4.98 Å². The van der Waals surface area contributed by atoms with Crippen molar-refractivity contribution in [1.82, 2.24) is 4.98 Å². The molecule has 0 saturated heterocycles. The molecule has 1 aliphatic rings. The molecule has 0 fully saturated rings. The topological polar surface area (TPSA) is 28.2 Å². The van der Waals surface area contributed by atoms with Gasteiger partial charge in [-0.1, -0.05) is 11.6 Å². The van der Waals surface area contributed by atoms with Crippen molar-refractivity contribution in [2.24, 2.45) is 0 Å². The summed E-state index contributed by atoms with van der Waals surface area (Å²) in [4.78, 5) is 6.63. The Hall–Kier alpha value is -0.960. The molecule has 1 aromatic heterocycles. The lowest BCUT2D eigenvalue weighted by molar-refractivity contribution is 0.777.